The van der Waals surface area contributed by atoms with Gasteiger partial charge in [-0.3, -0.25) is 0 Å². The van der Waals surface area contributed by atoms with Crippen molar-refractivity contribution in [2.45, 2.75) is 51.9 Å². The highest BCUT2D eigenvalue weighted by Crippen LogP contribution is 2.10. The van der Waals surface area contributed by atoms with Gasteiger partial charge in [-0.05, 0) is 18.6 Å². The van der Waals surface area contributed by atoms with Gasteiger partial charge in [0.05, 0.1) is 6.61 Å². The summed E-state index contributed by atoms with van der Waals surface area (Å²) in [5.74, 6) is 0.994. The Kier molecular flexibility index (Phi) is 11.5. The Bertz CT molecular complexity index is 248. The van der Waals surface area contributed by atoms with E-state index >= 15 is 0 Å². The minimum atomic E-state index is 0. The van der Waals surface area contributed by atoms with Gasteiger partial charge >= 0.3 is 0 Å². The summed E-state index contributed by atoms with van der Waals surface area (Å²) >= 11 is 0. The van der Waals surface area contributed by atoms with Gasteiger partial charge in [0.15, 0.2) is 0 Å². The zero-order valence-corrected chi connectivity index (χ0v) is 12.6. The number of hydrogen-bond acceptors (Lipinski definition) is 1. The highest BCUT2D eigenvalue weighted by atomic mass is 31.0. The maximum Gasteiger partial charge on any atom is 0.119 e. The third kappa shape index (κ3) is 9.18. The van der Waals surface area contributed by atoms with Crippen LogP contribution in [0.4, 0.5) is 0 Å². The maximum atomic E-state index is 5.63. The van der Waals surface area contributed by atoms with Crippen molar-refractivity contribution in [2.24, 2.45) is 0 Å². The lowest BCUT2D eigenvalue weighted by Crippen LogP contribution is -1.96. The molecule has 0 heterocycles. The zero-order chi connectivity index (χ0) is 11.5. The van der Waals surface area contributed by atoms with E-state index in [1.807, 2.05) is 30.3 Å². The fraction of sp³-hybridized carbons (Fsp3) is 0.600. The van der Waals surface area contributed by atoms with Crippen LogP contribution in [0.3, 0.4) is 0 Å². The molecule has 0 bridgehead atoms. The predicted octanol–water partition coefficient (Wildman–Crippen LogP) is 4.87. The lowest BCUT2D eigenvalue weighted by molar-refractivity contribution is 0.304. The molecule has 17 heavy (non-hydrogen) atoms. The van der Waals surface area contributed by atoms with Crippen LogP contribution in [0.5, 0.6) is 5.75 Å². The monoisotopic (exact) mass is 254 g/mol. The molecule has 0 spiro atoms. The first kappa shape index (κ1) is 16.4. The topological polar surface area (TPSA) is 9.23 Å². The van der Waals surface area contributed by atoms with Gasteiger partial charge < -0.3 is 4.74 Å². The average Bonchev–Trinajstić information content (AvgIpc) is 2.34. The Morgan fingerprint density at radius 3 is 2.06 bits per heavy atom. The molecule has 1 rings (SSSR count). The van der Waals surface area contributed by atoms with Crippen LogP contribution in [0.25, 0.3) is 0 Å². The first-order valence-corrected chi connectivity index (χ1v) is 6.61. The summed E-state index contributed by atoms with van der Waals surface area (Å²) in [4.78, 5) is 0. The molecule has 1 aromatic carbocycles. The number of unbranched alkanes of at least 4 members (excludes halogenated alkanes) is 6. The molecule has 98 valence electrons. The molecule has 0 saturated heterocycles. The second-order valence-electron chi connectivity index (χ2n) is 4.28. The molecule has 1 nitrogen and oxygen atoms in total. The van der Waals surface area contributed by atoms with Crippen molar-refractivity contribution in [3.05, 3.63) is 30.3 Å². The summed E-state index contributed by atoms with van der Waals surface area (Å²) in [7, 11) is 0. The molecule has 0 aliphatic rings. The molecule has 0 aliphatic carbocycles. The standard InChI is InChI=1S/C15H24O.H3P/c1-2-3-4-5-6-7-11-14-16-15-12-9-8-10-13-15;/h8-10,12-13H,2-7,11,14H2,1H3;1H3. The van der Waals surface area contributed by atoms with Crippen LogP contribution in [0.2, 0.25) is 0 Å². The van der Waals surface area contributed by atoms with E-state index in [1.165, 1.54) is 44.9 Å². The Labute approximate surface area is 110 Å². The normalized spacial score (nSPS) is 9.71. The Balaban J connectivity index is 0.00000256. The van der Waals surface area contributed by atoms with Gasteiger partial charge in [-0.15, -0.1) is 0 Å². The molecular formula is C15H27OP. The Morgan fingerprint density at radius 2 is 1.41 bits per heavy atom. The van der Waals surface area contributed by atoms with E-state index in [9.17, 15) is 0 Å². The fourth-order valence-electron chi connectivity index (χ4n) is 1.77. The number of benzene rings is 1. The average molecular weight is 254 g/mol. The van der Waals surface area contributed by atoms with Gasteiger partial charge in [0.1, 0.15) is 5.75 Å². The summed E-state index contributed by atoms with van der Waals surface area (Å²) in [5, 5.41) is 0. The molecule has 0 N–H and O–H groups in total. The molecule has 0 aromatic heterocycles. The smallest absolute Gasteiger partial charge is 0.119 e. The molecular weight excluding hydrogens is 227 g/mol. The van der Waals surface area contributed by atoms with Gasteiger partial charge in [0.25, 0.3) is 0 Å². The first-order valence-electron chi connectivity index (χ1n) is 6.61. The summed E-state index contributed by atoms with van der Waals surface area (Å²) in [6, 6.07) is 10.1. The van der Waals surface area contributed by atoms with E-state index in [-0.39, 0.29) is 9.90 Å². The van der Waals surface area contributed by atoms with E-state index in [0.717, 1.165) is 12.4 Å². The van der Waals surface area contributed by atoms with Crippen LogP contribution in [-0.4, -0.2) is 6.61 Å². The van der Waals surface area contributed by atoms with E-state index in [1.54, 1.807) is 0 Å². The second-order valence-corrected chi connectivity index (χ2v) is 4.28. The van der Waals surface area contributed by atoms with Crippen molar-refractivity contribution in [3.63, 3.8) is 0 Å². The molecule has 0 fully saturated rings. The molecule has 1 unspecified atom stereocenters. The third-order valence-corrected chi connectivity index (χ3v) is 2.76. The van der Waals surface area contributed by atoms with E-state index < -0.39 is 0 Å². The molecule has 1 atom stereocenters. The molecule has 0 amide bonds. The number of rotatable bonds is 9. The quantitative estimate of drug-likeness (QED) is 0.451. The lowest BCUT2D eigenvalue weighted by atomic mass is 10.1. The van der Waals surface area contributed by atoms with E-state index in [0.29, 0.717) is 0 Å². The maximum absolute atomic E-state index is 5.63. The van der Waals surface area contributed by atoms with E-state index in [2.05, 4.69) is 6.92 Å². The molecule has 0 radical (unpaired) electrons. The predicted molar refractivity (Wildman–Crippen MR) is 81.0 cm³/mol. The van der Waals surface area contributed by atoms with Gasteiger partial charge in [-0.2, -0.15) is 9.90 Å². The van der Waals surface area contributed by atoms with Gasteiger partial charge in [-0.25, -0.2) is 0 Å². The summed E-state index contributed by atoms with van der Waals surface area (Å²) < 4.78 is 5.63. The van der Waals surface area contributed by atoms with Crippen molar-refractivity contribution in [1.29, 1.82) is 0 Å². The molecule has 1 aromatic rings. The zero-order valence-electron chi connectivity index (χ0n) is 11.2. The van der Waals surface area contributed by atoms with Gasteiger partial charge in [0.2, 0.25) is 0 Å². The third-order valence-electron chi connectivity index (χ3n) is 2.76. The van der Waals surface area contributed by atoms with Crippen molar-refractivity contribution in [1.82, 2.24) is 0 Å². The van der Waals surface area contributed by atoms with Crippen LogP contribution < -0.4 is 4.74 Å². The first-order chi connectivity index (χ1) is 7.93. The molecule has 0 aliphatic heterocycles. The van der Waals surface area contributed by atoms with Crippen LogP contribution in [-0.2, 0) is 0 Å². The highest BCUT2D eigenvalue weighted by molar-refractivity contribution is 6.92. The summed E-state index contributed by atoms with van der Waals surface area (Å²) in [6.45, 7) is 3.12. The Morgan fingerprint density at radius 1 is 0.824 bits per heavy atom. The SMILES string of the molecule is CCCCCCCCCOc1ccccc1.P. The van der Waals surface area contributed by atoms with Crippen molar-refractivity contribution < 1.29 is 4.74 Å². The number of para-hydroxylation sites is 1. The highest BCUT2D eigenvalue weighted by Gasteiger charge is 1.93. The van der Waals surface area contributed by atoms with Crippen molar-refractivity contribution in [3.8, 4) is 5.75 Å². The van der Waals surface area contributed by atoms with Crippen molar-refractivity contribution >= 4 is 9.90 Å². The number of hydrogen-bond donors (Lipinski definition) is 0. The summed E-state index contributed by atoms with van der Waals surface area (Å²) in [6.07, 6.45) is 9.35. The Hall–Kier alpha value is -0.550. The summed E-state index contributed by atoms with van der Waals surface area (Å²) in [5.41, 5.74) is 0. The minimum absolute atomic E-state index is 0. The van der Waals surface area contributed by atoms with Crippen molar-refractivity contribution in [2.75, 3.05) is 6.61 Å². The molecule has 0 saturated carbocycles. The number of ether oxygens (including phenoxy) is 1. The largest absolute Gasteiger partial charge is 0.494 e. The molecule has 2 heteroatoms. The fourth-order valence-corrected chi connectivity index (χ4v) is 1.77. The van der Waals surface area contributed by atoms with Gasteiger partial charge in [-0.1, -0.05) is 63.6 Å². The second kappa shape index (κ2) is 11.9. The van der Waals surface area contributed by atoms with Crippen LogP contribution in [0.1, 0.15) is 51.9 Å². The lowest BCUT2D eigenvalue weighted by Gasteiger charge is -2.05. The van der Waals surface area contributed by atoms with Crippen LogP contribution >= 0.6 is 9.90 Å². The van der Waals surface area contributed by atoms with Crippen LogP contribution in [0.15, 0.2) is 30.3 Å². The van der Waals surface area contributed by atoms with Gasteiger partial charge in [0, 0.05) is 0 Å². The van der Waals surface area contributed by atoms with E-state index in [4.69, 9.17) is 4.74 Å². The van der Waals surface area contributed by atoms with Crippen LogP contribution in [0, 0.1) is 0 Å². The minimum Gasteiger partial charge on any atom is -0.494 e.